The first-order chi connectivity index (χ1) is 13.2. The highest BCUT2D eigenvalue weighted by atomic mass is 32.1. The van der Waals surface area contributed by atoms with E-state index in [1.807, 2.05) is 65.3 Å². The molecule has 0 aliphatic heterocycles. The molecule has 132 valence electrons. The Morgan fingerprint density at radius 3 is 2.78 bits per heavy atom. The number of pyridine rings is 1. The van der Waals surface area contributed by atoms with Gasteiger partial charge in [-0.3, -0.25) is 0 Å². The molecule has 0 radical (unpaired) electrons. The van der Waals surface area contributed by atoms with Gasteiger partial charge in [-0.15, -0.1) is 11.3 Å². The third-order valence-corrected chi connectivity index (χ3v) is 5.42. The van der Waals surface area contributed by atoms with E-state index in [1.165, 1.54) is 11.3 Å². The van der Waals surface area contributed by atoms with Gasteiger partial charge in [0, 0.05) is 23.5 Å². The summed E-state index contributed by atoms with van der Waals surface area (Å²) in [6, 6.07) is 17.5. The van der Waals surface area contributed by atoms with Crippen LogP contribution in [-0.2, 0) is 11.3 Å². The maximum absolute atomic E-state index is 12.6. The lowest BCUT2D eigenvalue weighted by molar-refractivity contribution is 0.0477. The minimum Gasteiger partial charge on any atom is -0.456 e. The fraction of sp³-hybridized carbons (Fsp3) is 0.0952. The molecule has 4 rings (SSSR count). The number of thiazole rings is 1. The fourth-order valence-electron chi connectivity index (χ4n) is 2.91. The van der Waals surface area contributed by atoms with E-state index >= 15 is 0 Å². The van der Waals surface area contributed by atoms with Crippen LogP contribution in [0.2, 0.25) is 0 Å². The second-order valence-electron chi connectivity index (χ2n) is 6.01. The van der Waals surface area contributed by atoms with Gasteiger partial charge in [0.15, 0.2) is 0 Å². The molecule has 0 spiro atoms. The van der Waals surface area contributed by atoms with Crippen LogP contribution in [0.25, 0.3) is 16.1 Å². The average Bonchev–Trinajstić information content (AvgIpc) is 3.27. The summed E-state index contributed by atoms with van der Waals surface area (Å²) < 4.78 is 7.34. The summed E-state index contributed by atoms with van der Waals surface area (Å²) in [6.45, 7) is 1.84. The van der Waals surface area contributed by atoms with Crippen molar-refractivity contribution in [1.82, 2.24) is 9.38 Å². The molecule has 3 heterocycles. The molecule has 1 aromatic carbocycles. The predicted octanol–water partition coefficient (Wildman–Crippen LogP) is 4.60. The summed E-state index contributed by atoms with van der Waals surface area (Å²) in [5, 5.41) is 10.2. The van der Waals surface area contributed by atoms with Crippen LogP contribution < -0.4 is 0 Å². The van der Waals surface area contributed by atoms with Crippen molar-refractivity contribution >= 4 is 22.8 Å². The van der Waals surface area contributed by atoms with Crippen molar-refractivity contribution in [3.63, 3.8) is 0 Å². The van der Waals surface area contributed by atoms with E-state index in [-0.39, 0.29) is 6.61 Å². The van der Waals surface area contributed by atoms with Gasteiger partial charge in [-0.05, 0) is 19.1 Å². The standard InChI is InChI=1S/C21H15N3O2S/c1-14-19(27-20(23-14)15-7-3-2-4-8-15)21(25)26-13-16-12-24-10-6-5-9-18(24)17(16)11-22/h2-10,12H,13H2,1H3. The van der Waals surface area contributed by atoms with Gasteiger partial charge in [0.1, 0.15) is 22.6 Å². The van der Waals surface area contributed by atoms with Crippen LogP contribution in [0.3, 0.4) is 0 Å². The molecule has 0 aliphatic carbocycles. The number of hydrogen-bond acceptors (Lipinski definition) is 5. The number of aromatic nitrogens is 2. The molecule has 0 fully saturated rings. The number of rotatable bonds is 4. The summed E-state index contributed by atoms with van der Waals surface area (Å²) >= 11 is 1.31. The number of benzene rings is 1. The Hall–Kier alpha value is -3.43. The molecular weight excluding hydrogens is 358 g/mol. The van der Waals surface area contributed by atoms with Gasteiger partial charge in [0.25, 0.3) is 0 Å². The monoisotopic (exact) mass is 373 g/mol. The van der Waals surface area contributed by atoms with E-state index in [9.17, 15) is 10.1 Å². The van der Waals surface area contributed by atoms with Gasteiger partial charge < -0.3 is 9.14 Å². The molecule has 0 aliphatic rings. The largest absolute Gasteiger partial charge is 0.456 e. The zero-order valence-corrected chi connectivity index (χ0v) is 15.4. The maximum atomic E-state index is 12.6. The van der Waals surface area contributed by atoms with E-state index in [1.54, 1.807) is 6.92 Å². The summed E-state index contributed by atoms with van der Waals surface area (Å²) in [7, 11) is 0. The van der Waals surface area contributed by atoms with Crippen molar-refractivity contribution in [2.45, 2.75) is 13.5 Å². The quantitative estimate of drug-likeness (QED) is 0.490. The number of nitrogens with zero attached hydrogens (tertiary/aromatic N) is 3. The molecule has 0 bridgehead atoms. The zero-order valence-electron chi connectivity index (χ0n) is 14.5. The van der Waals surface area contributed by atoms with Crippen molar-refractivity contribution in [2.75, 3.05) is 0 Å². The molecule has 0 unspecified atom stereocenters. The third kappa shape index (κ3) is 3.21. The van der Waals surface area contributed by atoms with Crippen molar-refractivity contribution in [2.24, 2.45) is 0 Å². The lowest BCUT2D eigenvalue weighted by Crippen LogP contribution is -2.05. The predicted molar refractivity (Wildman–Crippen MR) is 104 cm³/mol. The molecule has 5 nitrogen and oxygen atoms in total. The van der Waals surface area contributed by atoms with Crippen molar-refractivity contribution < 1.29 is 9.53 Å². The van der Waals surface area contributed by atoms with Gasteiger partial charge in [-0.2, -0.15) is 5.26 Å². The van der Waals surface area contributed by atoms with E-state index in [4.69, 9.17) is 4.74 Å². The third-order valence-electron chi connectivity index (χ3n) is 4.24. The topological polar surface area (TPSA) is 67.4 Å². The first-order valence-electron chi connectivity index (χ1n) is 8.36. The molecule has 0 saturated carbocycles. The van der Waals surface area contributed by atoms with Crippen LogP contribution in [-0.4, -0.2) is 15.4 Å². The van der Waals surface area contributed by atoms with E-state index in [0.29, 0.717) is 21.7 Å². The SMILES string of the molecule is Cc1nc(-c2ccccc2)sc1C(=O)OCc1cn2ccccc2c1C#N. The lowest BCUT2D eigenvalue weighted by Gasteiger charge is -2.02. The molecule has 0 N–H and O–H groups in total. The summed E-state index contributed by atoms with van der Waals surface area (Å²) in [5.74, 6) is -0.425. The highest BCUT2D eigenvalue weighted by Gasteiger charge is 2.19. The maximum Gasteiger partial charge on any atom is 0.350 e. The number of ether oxygens (including phenoxy) is 1. The molecule has 0 atom stereocenters. The van der Waals surface area contributed by atoms with Gasteiger partial charge in [-0.25, -0.2) is 9.78 Å². The molecule has 4 aromatic rings. The van der Waals surface area contributed by atoms with E-state index in [2.05, 4.69) is 11.1 Å². The number of carbonyl (C=O) groups is 1. The second kappa shape index (κ2) is 7.06. The van der Waals surface area contributed by atoms with Gasteiger partial charge in [-0.1, -0.05) is 36.4 Å². The first-order valence-corrected chi connectivity index (χ1v) is 9.17. The fourth-order valence-corrected chi connectivity index (χ4v) is 3.88. The molecule has 6 heteroatoms. The van der Waals surface area contributed by atoms with Crippen LogP contribution in [0.5, 0.6) is 0 Å². The molecule has 0 saturated heterocycles. The van der Waals surface area contributed by atoms with Crippen LogP contribution in [0, 0.1) is 18.3 Å². The molecule has 0 amide bonds. The highest BCUT2D eigenvalue weighted by Crippen LogP contribution is 2.28. The number of aryl methyl sites for hydroxylation is 1. The summed E-state index contributed by atoms with van der Waals surface area (Å²) in [6.07, 6.45) is 3.68. The van der Waals surface area contributed by atoms with Crippen LogP contribution in [0.15, 0.2) is 60.9 Å². The second-order valence-corrected chi connectivity index (χ2v) is 7.01. The van der Waals surface area contributed by atoms with Crippen LogP contribution in [0.1, 0.15) is 26.5 Å². The number of nitriles is 1. The lowest BCUT2D eigenvalue weighted by atomic mass is 10.2. The Morgan fingerprint density at radius 1 is 1.22 bits per heavy atom. The van der Waals surface area contributed by atoms with E-state index < -0.39 is 5.97 Å². The summed E-state index contributed by atoms with van der Waals surface area (Å²) in [5.41, 5.74) is 3.62. The Balaban J connectivity index is 1.56. The van der Waals surface area contributed by atoms with E-state index in [0.717, 1.165) is 16.1 Å². The van der Waals surface area contributed by atoms with Gasteiger partial charge in [0.05, 0.1) is 16.8 Å². The van der Waals surface area contributed by atoms with Gasteiger partial charge in [0.2, 0.25) is 0 Å². The van der Waals surface area contributed by atoms with Crippen molar-refractivity contribution in [3.05, 3.63) is 82.6 Å². The molecule has 3 aromatic heterocycles. The highest BCUT2D eigenvalue weighted by molar-refractivity contribution is 7.17. The number of fused-ring (bicyclic) bond motifs is 1. The van der Waals surface area contributed by atoms with Crippen LogP contribution in [0.4, 0.5) is 0 Å². The van der Waals surface area contributed by atoms with Crippen molar-refractivity contribution in [1.29, 1.82) is 5.26 Å². The Kier molecular flexibility index (Phi) is 4.45. The number of esters is 1. The Morgan fingerprint density at radius 2 is 2.00 bits per heavy atom. The minimum absolute atomic E-state index is 0.0431. The zero-order chi connectivity index (χ0) is 18.8. The number of carbonyl (C=O) groups excluding carboxylic acids is 1. The van der Waals surface area contributed by atoms with Gasteiger partial charge >= 0.3 is 5.97 Å². The average molecular weight is 373 g/mol. The van der Waals surface area contributed by atoms with Crippen molar-refractivity contribution in [3.8, 4) is 16.6 Å². The minimum atomic E-state index is -0.425. The normalized spacial score (nSPS) is 10.7. The Bertz CT molecular complexity index is 1170. The molecule has 27 heavy (non-hydrogen) atoms. The molecular formula is C21H15N3O2S. The number of hydrogen-bond donors (Lipinski definition) is 0. The van der Waals surface area contributed by atoms with Crippen LogP contribution >= 0.6 is 11.3 Å². The first kappa shape index (κ1) is 17.0. The smallest absolute Gasteiger partial charge is 0.350 e. The Labute approximate surface area is 160 Å². The summed E-state index contributed by atoms with van der Waals surface area (Å²) in [4.78, 5) is 17.5.